The number of aliphatic imine (C=N–C) groups is 1. The number of rotatable bonds is 8. The highest BCUT2D eigenvalue weighted by molar-refractivity contribution is 14.0. The molecule has 0 atom stereocenters. The molecule has 0 aliphatic carbocycles. The van der Waals surface area contributed by atoms with Gasteiger partial charge in [0.25, 0.3) is 0 Å². The van der Waals surface area contributed by atoms with Crippen molar-refractivity contribution in [2.24, 2.45) is 4.99 Å². The number of aromatic nitrogens is 2. The minimum Gasteiger partial charge on any atom is -0.356 e. The molecule has 2 N–H and O–H groups in total. The zero-order valence-corrected chi connectivity index (χ0v) is 19.1. The molecule has 0 amide bonds. The summed E-state index contributed by atoms with van der Waals surface area (Å²) in [7, 11) is 1.76. The fourth-order valence-electron chi connectivity index (χ4n) is 1.98. The minimum atomic E-state index is 0. The van der Waals surface area contributed by atoms with E-state index in [0.717, 1.165) is 29.1 Å². The number of thioether (sulfide) groups is 1. The van der Waals surface area contributed by atoms with Crippen molar-refractivity contribution in [3.05, 3.63) is 41.0 Å². The fourth-order valence-corrected chi connectivity index (χ4v) is 2.88. The second-order valence-corrected chi connectivity index (χ2v) is 7.28. The monoisotopic (exact) mass is 509 g/mol. The molecule has 0 bridgehead atoms. The maximum Gasteiger partial charge on any atom is 0.228 e. The highest BCUT2D eigenvalue weighted by Crippen LogP contribution is 2.19. The molecule has 0 spiro atoms. The molecule has 0 aliphatic heterocycles. The second-order valence-electron chi connectivity index (χ2n) is 5.68. The Morgan fingerprint density at radius 2 is 1.92 bits per heavy atom. The molecule has 1 aromatic carbocycles. The number of benzene rings is 1. The van der Waals surface area contributed by atoms with Gasteiger partial charge in [0.15, 0.2) is 11.8 Å². The lowest BCUT2D eigenvalue weighted by Gasteiger charge is -2.10. The second kappa shape index (κ2) is 12.4. The van der Waals surface area contributed by atoms with Crippen LogP contribution in [-0.4, -0.2) is 42.0 Å². The summed E-state index contributed by atoms with van der Waals surface area (Å²) in [5.74, 6) is 3.36. The van der Waals surface area contributed by atoms with E-state index >= 15 is 0 Å². The largest absolute Gasteiger partial charge is 0.356 e. The summed E-state index contributed by atoms with van der Waals surface area (Å²) in [5.41, 5.74) is 0. The number of halogens is 2. The Morgan fingerprint density at radius 1 is 1.23 bits per heavy atom. The van der Waals surface area contributed by atoms with Gasteiger partial charge in [-0.1, -0.05) is 30.6 Å². The first kappa shape index (κ1) is 23.0. The van der Waals surface area contributed by atoms with Crippen LogP contribution in [0.4, 0.5) is 0 Å². The normalized spacial score (nSPS) is 11.3. The van der Waals surface area contributed by atoms with Gasteiger partial charge in [0.2, 0.25) is 5.89 Å². The number of nitrogens with one attached hydrogen (secondary N) is 2. The predicted octanol–water partition coefficient (Wildman–Crippen LogP) is 3.96. The van der Waals surface area contributed by atoms with Crippen molar-refractivity contribution in [1.29, 1.82) is 0 Å². The molecule has 6 nitrogen and oxygen atoms in total. The molecule has 144 valence electrons. The molecule has 9 heteroatoms. The van der Waals surface area contributed by atoms with Crippen LogP contribution in [0.15, 0.2) is 38.7 Å². The van der Waals surface area contributed by atoms with E-state index in [2.05, 4.69) is 25.8 Å². The van der Waals surface area contributed by atoms with Crippen LogP contribution in [0.25, 0.3) is 0 Å². The summed E-state index contributed by atoms with van der Waals surface area (Å²) in [4.78, 5) is 9.77. The lowest BCUT2D eigenvalue weighted by molar-refractivity contribution is 0.371. The van der Waals surface area contributed by atoms with E-state index < -0.39 is 0 Å². The maximum atomic E-state index is 5.88. The topological polar surface area (TPSA) is 75.3 Å². The van der Waals surface area contributed by atoms with Crippen LogP contribution < -0.4 is 10.6 Å². The third-order valence-corrected chi connectivity index (χ3v) is 4.60. The van der Waals surface area contributed by atoms with Crippen LogP contribution in [0.2, 0.25) is 5.02 Å². The first-order valence-corrected chi connectivity index (χ1v) is 9.60. The number of nitrogens with zero attached hydrogens (tertiary/aromatic N) is 3. The van der Waals surface area contributed by atoms with Crippen molar-refractivity contribution in [3.8, 4) is 0 Å². The molecule has 0 saturated heterocycles. The lowest BCUT2D eigenvalue weighted by Crippen LogP contribution is -2.39. The van der Waals surface area contributed by atoms with Crippen LogP contribution in [-0.2, 0) is 6.42 Å². The van der Waals surface area contributed by atoms with E-state index in [-0.39, 0.29) is 29.9 Å². The molecule has 0 radical (unpaired) electrons. The SMILES string of the molecule is CN=C(NCCSc1ccc(Cl)cc1)NCCc1nc(C(C)C)no1.I. The van der Waals surface area contributed by atoms with E-state index in [4.69, 9.17) is 16.1 Å². The third-order valence-electron chi connectivity index (χ3n) is 3.33. The Balaban J connectivity index is 0.00000338. The van der Waals surface area contributed by atoms with Crippen molar-refractivity contribution >= 4 is 53.3 Å². The number of hydrogen-bond donors (Lipinski definition) is 2. The molecule has 0 saturated carbocycles. The molecule has 26 heavy (non-hydrogen) atoms. The molecular weight excluding hydrogens is 485 g/mol. The first-order chi connectivity index (χ1) is 12.1. The van der Waals surface area contributed by atoms with Crippen molar-refractivity contribution in [1.82, 2.24) is 20.8 Å². The van der Waals surface area contributed by atoms with Gasteiger partial charge in [-0.3, -0.25) is 4.99 Å². The summed E-state index contributed by atoms with van der Waals surface area (Å²) < 4.78 is 5.22. The molecule has 2 rings (SSSR count). The number of hydrogen-bond acceptors (Lipinski definition) is 5. The highest BCUT2D eigenvalue weighted by atomic mass is 127. The van der Waals surface area contributed by atoms with Crippen LogP contribution >= 0.6 is 47.3 Å². The smallest absolute Gasteiger partial charge is 0.228 e. The van der Waals surface area contributed by atoms with Gasteiger partial charge in [0.05, 0.1) is 0 Å². The fraction of sp³-hybridized carbons (Fsp3) is 0.471. The molecule has 0 aliphatic rings. The molecule has 0 unspecified atom stereocenters. The van der Waals surface area contributed by atoms with Crippen LogP contribution in [0, 0.1) is 0 Å². The van der Waals surface area contributed by atoms with Gasteiger partial charge in [-0.25, -0.2) is 0 Å². The van der Waals surface area contributed by atoms with Crippen molar-refractivity contribution in [2.45, 2.75) is 31.1 Å². The van der Waals surface area contributed by atoms with Crippen molar-refractivity contribution in [3.63, 3.8) is 0 Å². The van der Waals surface area contributed by atoms with Crippen molar-refractivity contribution < 1.29 is 4.52 Å². The Kier molecular flexibility index (Phi) is 11.0. The molecule has 1 heterocycles. The minimum absolute atomic E-state index is 0. The summed E-state index contributed by atoms with van der Waals surface area (Å²) >= 11 is 7.65. The van der Waals surface area contributed by atoms with E-state index in [1.54, 1.807) is 18.8 Å². The summed E-state index contributed by atoms with van der Waals surface area (Å²) in [5, 5.41) is 11.2. The van der Waals surface area contributed by atoms with Gasteiger partial charge in [0.1, 0.15) is 0 Å². The quantitative estimate of drug-likeness (QED) is 0.184. The Hall–Kier alpha value is -1.00. The Labute approximate surface area is 181 Å². The van der Waals surface area contributed by atoms with Crippen LogP contribution in [0.3, 0.4) is 0 Å². The van der Waals surface area contributed by atoms with Gasteiger partial charge in [-0.15, -0.1) is 35.7 Å². The van der Waals surface area contributed by atoms with E-state index in [1.165, 1.54) is 4.90 Å². The molecule has 0 fully saturated rings. The summed E-state index contributed by atoms with van der Waals surface area (Å²) in [6, 6.07) is 7.85. The molecule has 2 aromatic rings. The first-order valence-electron chi connectivity index (χ1n) is 8.24. The highest BCUT2D eigenvalue weighted by Gasteiger charge is 2.09. The van der Waals surface area contributed by atoms with E-state index in [9.17, 15) is 0 Å². The van der Waals surface area contributed by atoms with Gasteiger partial charge in [0, 0.05) is 48.1 Å². The van der Waals surface area contributed by atoms with Crippen molar-refractivity contribution in [2.75, 3.05) is 25.9 Å². The van der Waals surface area contributed by atoms with Crippen LogP contribution in [0.5, 0.6) is 0 Å². The average Bonchev–Trinajstić information content (AvgIpc) is 3.08. The van der Waals surface area contributed by atoms with Crippen LogP contribution in [0.1, 0.15) is 31.5 Å². The Bertz CT molecular complexity index is 678. The number of guanidine groups is 1. The molecule has 1 aromatic heterocycles. The third kappa shape index (κ3) is 8.13. The summed E-state index contributed by atoms with van der Waals surface area (Å²) in [6.45, 7) is 5.58. The average molecular weight is 510 g/mol. The van der Waals surface area contributed by atoms with E-state index in [1.807, 2.05) is 38.1 Å². The summed E-state index contributed by atoms with van der Waals surface area (Å²) in [6.07, 6.45) is 0.667. The molecular formula is C17H25ClIN5OS. The standard InChI is InChI=1S/C17H24ClN5OS.HI/c1-12(2)16-22-15(24-23-16)8-9-20-17(19-3)21-10-11-25-14-6-4-13(18)5-7-14;/h4-7,12H,8-11H2,1-3H3,(H2,19,20,21);1H. The predicted molar refractivity (Wildman–Crippen MR) is 119 cm³/mol. The van der Waals surface area contributed by atoms with E-state index in [0.29, 0.717) is 18.9 Å². The van der Waals surface area contributed by atoms with Gasteiger partial charge in [-0.2, -0.15) is 4.98 Å². The zero-order chi connectivity index (χ0) is 18.1. The maximum absolute atomic E-state index is 5.88. The van der Waals surface area contributed by atoms with Gasteiger partial charge in [-0.05, 0) is 24.3 Å². The lowest BCUT2D eigenvalue weighted by atomic mass is 10.2. The Morgan fingerprint density at radius 3 is 2.54 bits per heavy atom. The van der Waals surface area contributed by atoms with Gasteiger partial charge < -0.3 is 15.2 Å². The zero-order valence-electron chi connectivity index (χ0n) is 15.2. The van der Waals surface area contributed by atoms with Gasteiger partial charge >= 0.3 is 0 Å².